The molecule has 0 radical (unpaired) electrons. The Bertz CT molecular complexity index is 650. The Morgan fingerprint density at radius 3 is 2.67 bits per heavy atom. The number of carbonyl (C=O) groups is 2. The van der Waals surface area contributed by atoms with Gasteiger partial charge >= 0.3 is 11.9 Å². The van der Waals surface area contributed by atoms with Gasteiger partial charge < -0.3 is 20.3 Å². The first-order valence-corrected chi connectivity index (χ1v) is 8.47. The Labute approximate surface area is 144 Å². The zero-order chi connectivity index (χ0) is 17.3. The van der Waals surface area contributed by atoms with Gasteiger partial charge in [-0.2, -0.15) is 0 Å². The van der Waals surface area contributed by atoms with Crippen molar-refractivity contribution in [1.82, 2.24) is 5.32 Å². The van der Waals surface area contributed by atoms with Gasteiger partial charge in [-0.1, -0.05) is 11.6 Å². The molecule has 24 heavy (non-hydrogen) atoms. The van der Waals surface area contributed by atoms with Gasteiger partial charge in [0, 0.05) is 5.02 Å². The third kappa shape index (κ3) is 3.65. The molecule has 1 saturated heterocycles. The first kappa shape index (κ1) is 17.0. The van der Waals surface area contributed by atoms with Gasteiger partial charge in [0.25, 0.3) is 0 Å². The number of ether oxygens (including phenoxy) is 1. The molecule has 1 aliphatic carbocycles. The van der Waals surface area contributed by atoms with Crippen LogP contribution in [0.1, 0.15) is 36.0 Å². The van der Waals surface area contributed by atoms with Crippen molar-refractivity contribution in [3.63, 3.8) is 0 Å². The number of aromatic carboxylic acids is 1. The number of rotatable bonds is 4. The van der Waals surface area contributed by atoms with E-state index in [9.17, 15) is 19.8 Å². The summed E-state index contributed by atoms with van der Waals surface area (Å²) in [4.78, 5) is 22.5. The minimum Gasteiger partial charge on any atom is -0.490 e. The lowest BCUT2D eigenvalue weighted by molar-refractivity contribution is -0.141. The quantitative estimate of drug-likeness (QED) is 0.770. The van der Waals surface area contributed by atoms with E-state index < -0.39 is 18.0 Å². The average molecular weight is 354 g/mol. The normalized spacial score (nSPS) is 29.5. The molecule has 1 aromatic carbocycles. The van der Waals surface area contributed by atoms with Crippen LogP contribution in [0.3, 0.4) is 0 Å². The van der Waals surface area contributed by atoms with Crippen LogP contribution >= 0.6 is 11.6 Å². The van der Waals surface area contributed by atoms with Crippen LogP contribution in [0.25, 0.3) is 0 Å². The zero-order valence-corrected chi connectivity index (χ0v) is 13.8. The molecule has 1 saturated carbocycles. The highest BCUT2D eigenvalue weighted by atomic mass is 35.5. The summed E-state index contributed by atoms with van der Waals surface area (Å²) in [5.74, 6) is -0.827. The third-order valence-electron chi connectivity index (χ3n) is 5.02. The fourth-order valence-electron chi connectivity index (χ4n) is 3.77. The Kier molecular flexibility index (Phi) is 4.96. The molecule has 1 aromatic rings. The van der Waals surface area contributed by atoms with E-state index in [1.807, 2.05) is 0 Å². The van der Waals surface area contributed by atoms with Crippen molar-refractivity contribution in [3.05, 3.63) is 28.8 Å². The van der Waals surface area contributed by atoms with Crippen molar-refractivity contribution in [3.8, 4) is 5.75 Å². The summed E-state index contributed by atoms with van der Waals surface area (Å²) in [7, 11) is 0. The number of hydrogen-bond donors (Lipinski definition) is 3. The lowest BCUT2D eigenvalue weighted by Crippen LogP contribution is -2.50. The average Bonchev–Trinajstić information content (AvgIpc) is 2.55. The molecule has 7 heteroatoms. The predicted octanol–water partition coefficient (Wildman–Crippen LogP) is 2.65. The molecule has 0 bridgehead atoms. The third-order valence-corrected chi connectivity index (χ3v) is 5.26. The van der Waals surface area contributed by atoms with Gasteiger partial charge in [-0.3, -0.25) is 4.79 Å². The number of halogens is 1. The Balaban J connectivity index is 1.69. The van der Waals surface area contributed by atoms with Crippen LogP contribution in [0.2, 0.25) is 5.02 Å². The molecular weight excluding hydrogens is 334 g/mol. The number of fused-ring (bicyclic) bond motifs is 1. The Hall–Kier alpha value is -1.79. The molecule has 0 aromatic heterocycles. The predicted molar refractivity (Wildman–Crippen MR) is 87.7 cm³/mol. The standard InChI is InChI=1S/C17H20ClNO5/c18-11-2-4-15(13(7-11)16(20)21)24-12-3-1-9-8-19-14(17(22)23)6-10(9)5-12/h2,4,7,9-10,12,14,19H,1,3,5-6,8H2,(H,20,21)(H,22,23)/t9-,10-,12-,14-/m0/s1. The second-order valence-electron chi connectivity index (χ2n) is 6.55. The topological polar surface area (TPSA) is 95.9 Å². The van der Waals surface area contributed by atoms with E-state index in [0.29, 0.717) is 23.1 Å². The maximum Gasteiger partial charge on any atom is 0.339 e. The van der Waals surface area contributed by atoms with Gasteiger partial charge in [0.05, 0.1) is 6.10 Å². The summed E-state index contributed by atoms with van der Waals surface area (Å²) in [5, 5.41) is 21.9. The summed E-state index contributed by atoms with van der Waals surface area (Å²) in [6.45, 7) is 0.718. The molecule has 4 atom stereocenters. The van der Waals surface area contributed by atoms with Gasteiger partial charge in [0.1, 0.15) is 17.4 Å². The maximum atomic E-state index is 11.3. The molecule has 130 valence electrons. The van der Waals surface area contributed by atoms with Crippen LogP contribution in [0.15, 0.2) is 18.2 Å². The smallest absolute Gasteiger partial charge is 0.339 e. The fraction of sp³-hybridized carbons (Fsp3) is 0.529. The fourth-order valence-corrected chi connectivity index (χ4v) is 3.94. The van der Waals surface area contributed by atoms with Crippen molar-refractivity contribution in [2.24, 2.45) is 11.8 Å². The van der Waals surface area contributed by atoms with Gasteiger partial charge in [0.2, 0.25) is 0 Å². The van der Waals surface area contributed by atoms with Gasteiger partial charge in [0.15, 0.2) is 0 Å². The van der Waals surface area contributed by atoms with Crippen molar-refractivity contribution in [1.29, 1.82) is 0 Å². The molecule has 3 N–H and O–H groups in total. The van der Waals surface area contributed by atoms with Gasteiger partial charge in [-0.15, -0.1) is 0 Å². The summed E-state index contributed by atoms with van der Waals surface area (Å²) >= 11 is 5.86. The molecule has 1 heterocycles. The lowest BCUT2D eigenvalue weighted by atomic mass is 9.72. The van der Waals surface area contributed by atoms with E-state index in [-0.39, 0.29) is 17.6 Å². The highest BCUT2D eigenvalue weighted by molar-refractivity contribution is 6.31. The van der Waals surface area contributed by atoms with E-state index in [1.54, 1.807) is 12.1 Å². The van der Waals surface area contributed by atoms with Crippen LogP contribution < -0.4 is 10.1 Å². The molecule has 1 aliphatic heterocycles. The van der Waals surface area contributed by atoms with Crippen LogP contribution in [0.4, 0.5) is 0 Å². The Morgan fingerprint density at radius 2 is 1.96 bits per heavy atom. The van der Waals surface area contributed by atoms with E-state index in [2.05, 4.69) is 5.32 Å². The Morgan fingerprint density at radius 1 is 1.17 bits per heavy atom. The monoisotopic (exact) mass is 353 g/mol. The van der Waals surface area contributed by atoms with Crippen molar-refractivity contribution in [2.45, 2.75) is 37.8 Å². The minimum absolute atomic E-state index is 0.0540. The summed E-state index contributed by atoms with van der Waals surface area (Å²) in [6, 6.07) is 4.07. The number of carboxylic acid groups (broad SMARTS) is 2. The number of nitrogens with one attached hydrogen (secondary N) is 1. The molecule has 3 rings (SSSR count). The molecule has 6 nitrogen and oxygen atoms in total. The van der Waals surface area contributed by atoms with Gasteiger partial charge in [-0.25, -0.2) is 4.79 Å². The summed E-state index contributed by atoms with van der Waals surface area (Å²) in [5.41, 5.74) is 0.0540. The van der Waals surface area contributed by atoms with Crippen molar-refractivity contribution in [2.75, 3.05) is 6.54 Å². The summed E-state index contributed by atoms with van der Waals surface area (Å²) in [6.07, 6.45) is 3.02. The van der Waals surface area contributed by atoms with Crippen molar-refractivity contribution >= 4 is 23.5 Å². The second-order valence-corrected chi connectivity index (χ2v) is 6.99. The summed E-state index contributed by atoms with van der Waals surface area (Å²) < 4.78 is 5.94. The number of benzene rings is 1. The van der Waals surface area contributed by atoms with E-state index in [0.717, 1.165) is 25.8 Å². The molecule has 2 aliphatic rings. The van der Waals surface area contributed by atoms with Crippen LogP contribution in [0, 0.1) is 11.8 Å². The number of piperidine rings is 1. The number of hydrogen-bond acceptors (Lipinski definition) is 4. The number of aliphatic carboxylic acids is 1. The molecule has 0 amide bonds. The highest BCUT2D eigenvalue weighted by Gasteiger charge is 2.38. The van der Waals surface area contributed by atoms with E-state index in [1.165, 1.54) is 6.07 Å². The minimum atomic E-state index is -1.08. The second kappa shape index (κ2) is 6.99. The largest absolute Gasteiger partial charge is 0.490 e. The highest BCUT2D eigenvalue weighted by Crippen LogP contribution is 2.38. The van der Waals surface area contributed by atoms with Crippen LogP contribution in [0.5, 0.6) is 5.75 Å². The van der Waals surface area contributed by atoms with Gasteiger partial charge in [-0.05, 0) is 62.3 Å². The van der Waals surface area contributed by atoms with E-state index in [4.69, 9.17) is 16.3 Å². The number of carboxylic acids is 2. The molecular formula is C17H20ClNO5. The van der Waals surface area contributed by atoms with Crippen LogP contribution in [-0.4, -0.2) is 40.8 Å². The van der Waals surface area contributed by atoms with Crippen LogP contribution in [-0.2, 0) is 4.79 Å². The first-order valence-electron chi connectivity index (χ1n) is 8.09. The lowest BCUT2D eigenvalue weighted by Gasteiger charge is -2.41. The van der Waals surface area contributed by atoms with Crippen molar-refractivity contribution < 1.29 is 24.5 Å². The first-order chi connectivity index (χ1) is 11.4. The maximum absolute atomic E-state index is 11.3. The van der Waals surface area contributed by atoms with E-state index >= 15 is 0 Å². The molecule has 0 unspecified atom stereocenters. The zero-order valence-electron chi connectivity index (χ0n) is 13.1. The SMILES string of the molecule is O=C(O)c1cc(Cl)ccc1O[C@H]1CC[C@H]2CN[C@H](C(=O)O)C[C@@H]2C1. The molecule has 2 fully saturated rings. The molecule has 0 spiro atoms.